The third-order valence-electron chi connectivity index (χ3n) is 7.00. The number of benzene rings is 3. The van der Waals surface area contributed by atoms with Crippen LogP contribution in [0.2, 0.25) is 0 Å². The lowest BCUT2D eigenvalue weighted by atomic mass is 10.1. The Morgan fingerprint density at radius 2 is 1.72 bits per heavy atom. The van der Waals surface area contributed by atoms with E-state index in [2.05, 4.69) is 46.4 Å². The van der Waals surface area contributed by atoms with Crippen LogP contribution in [0.15, 0.2) is 77.6 Å². The number of nitrogens with one attached hydrogen (secondary N) is 1. The Kier molecular flexibility index (Phi) is 6.96. The van der Waals surface area contributed by atoms with Gasteiger partial charge in [-0.1, -0.05) is 60.2 Å². The molecular weight excluding hydrogens is 448 g/mol. The topological polar surface area (TPSA) is 67.2 Å². The van der Waals surface area contributed by atoms with Crippen molar-refractivity contribution in [3.63, 3.8) is 0 Å². The van der Waals surface area contributed by atoms with Crippen LogP contribution in [0, 0.1) is 19.8 Å². The van der Waals surface area contributed by atoms with E-state index in [1.165, 1.54) is 11.1 Å². The largest absolute Gasteiger partial charge is 0.352 e. The number of rotatable bonds is 7. The monoisotopic (exact) mass is 480 g/mol. The smallest absolute Gasteiger partial charge is 0.272 e. The predicted octanol–water partition coefficient (Wildman–Crippen LogP) is 4.31. The number of aryl methyl sites for hydroxylation is 2. The summed E-state index contributed by atoms with van der Waals surface area (Å²) in [5.74, 6) is 0.338. The third kappa shape index (κ3) is 5.39. The second-order valence-electron chi connectivity index (χ2n) is 9.86. The Morgan fingerprint density at radius 3 is 2.50 bits per heavy atom. The second-order valence-corrected chi connectivity index (χ2v) is 9.86. The Balaban J connectivity index is 1.24. The standard InChI is InChI=1S/C30H32N4O2/c1-21-8-10-24(11-9-21)18-33-15-14-25(19-33)17-31-29(35)26-12-13-28-27(16-26)32-22(2)30(36)34(28)20-23-6-4-3-5-7-23/h3-13,16,25H,14-15,17-20H2,1-2H3,(H,31,35). The van der Waals surface area contributed by atoms with E-state index in [1.807, 2.05) is 36.4 Å². The summed E-state index contributed by atoms with van der Waals surface area (Å²) < 4.78 is 1.73. The van der Waals surface area contributed by atoms with Crippen molar-refractivity contribution in [2.24, 2.45) is 5.92 Å². The second kappa shape index (κ2) is 10.5. The Morgan fingerprint density at radius 1 is 0.972 bits per heavy atom. The van der Waals surface area contributed by atoms with Crippen LogP contribution in [0.4, 0.5) is 0 Å². The summed E-state index contributed by atoms with van der Waals surface area (Å²) in [6.45, 7) is 7.93. The molecule has 3 aromatic carbocycles. The van der Waals surface area contributed by atoms with E-state index in [1.54, 1.807) is 23.6 Å². The molecule has 6 heteroatoms. The van der Waals surface area contributed by atoms with Crippen LogP contribution in [-0.2, 0) is 13.1 Å². The lowest BCUT2D eigenvalue weighted by molar-refractivity contribution is 0.0947. The summed E-state index contributed by atoms with van der Waals surface area (Å²) in [5, 5.41) is 3.12. The molecule has 184 valence electrons. The molecule has 5 rings (SSSR count). The van der Waals surface area contributed by atoms with Gasteiger partial charge in [-0.25, -0.2) is 4.98 Å². The van der Waals surface area contributed by atoms with Crippen LogP contribution in [0.1, 0.15) is 39.2 Å². The number of hydrogen-bond acceptors (Lipinski definition) is 4. The van der Waals surface area contributed by atoms with Crippen molar-refractivity contribution in [2.45, 2.75) is 33.4 Å². The molecule has 1 aliphatic heterocycles. The molecule has 0 spiro atoms. The van der Waals surface area contributed by atoms with Gasteiger partial charge >= 0.3 is 0 Å². The van der Waals surface area contributed by atoms with Crippen molar-refractivity contribution in [1.82, 2.24) is 19.8 Å². The maximum absolute atomic E-state index is 13.0. The van der Waals surface area contributed by atoms with Gasteiger partial charge < -0.3 is 9.88 Å². The van der Waals surface area contributed by atoms with E-state index < -0.39 is 0 Å². The summed E-state index contributed by atoms with van der Waals surface area (Å²) in [4.78, 5) is 32.7. The number of carbonyl (C=O) groups excluding carboxylic acids is 1. The summed E-state index contributed by atoms with van der Waals surface area (Å²) in [6.07, 6.45) is 1.08. The normalized spacial score (nSPS) is 15.9. The minimum atomic E-state index is -0.111. The van der Waals surface area contributed by atoms with Crippen molar-refractivity contribution < 1.29 is 4.79 Å². The van der Waals surface area contributed by atoms with Crippen LogP contribution in [-0.4, -0.2) is 40.0 Å². The SMILES string of the molecule is Cc1ccc(CN2CCC(CNC(=O)c3ccc4c(c3)nc(C)c(=O)n4Cc3ccccc3)C2)cc1. The van der Waals surface area contributed by atoms with Crippen molar-refractivity contribution in [3.05, 3.63) is 111 Å². The van der Waals surface area contributed by atoms with Gasteiger partial charge in [-0.05, 0) is 62.1 Å². The highest BCUT2D eigenvalue weighted by Crippen LogP contribution is 2.19. The number of fused-ring (bicyclic) bond motifs is 1. The van der Waals surface area contributed by atoms with E-state index in [9.17, 15) is 9.59 Å². The summed E-state index contributed by atoms with van der Waals surface area (Å²) in [7, 11) is 0. The first-order valence-corrected chi connectivity index (χ1v) is 12.6. The highest BCUT2D eigenvalue weighted by atomic mass is 16.1. The first kappa shape index (κ1) is 23.9. The first-order valence-electron chi connectivity index (χ1n) is 12.6. The fraction of sp³-hybridized carbons (Fsp3) is 0.300. The van der Waals surface area contributed by atoms with E-state index in [0.717, 1.165) is 37.1 Å². The van der Waals surface area contributed by atoms with Crippen LogP contribution < -0.4 is 10.9 Å². The molecule has 1 amide bonds. The molecule has 4 aromatic rings. The molecule has 2 heterocycles. The zero-order valence-electron chi connectivity index (χ0n) is 20.9. The van der Waals surface area contributed by atoms with Crippen molar-refractivity contribution in [3.8, 4) is 0 Å². The van der Waals surface area contributed by atoms with Gasteiger partial charge in [-0.15, -0.1) is 0 Å². The molecule has 0 saturated carbocycles. The molecule has 1 aromatic heterocycles. The van der Waals surface area contributed by atoms with Crippen LogP contribution in [0.3, 0.4) is 0 Å². The average molecular weight is 481 g/mol. The minimum absolute atomic E-state index is 0.103. The number of hydrogen-bond donors (Lipinski definition) is 1. The summed E-state index contributed by atoms with van der Waals surface area (Å²) in [5.41, 5.74) is 5.91. The molecular formula is C30H32N4O2. The molecule has 0 bridgehead atoms. The number of aromatic nitrogens is 2. The fourth-order valence-corrected chi connectivity index (χ4v) is 4.95. The highest BCUT2D eigenvalue weighted by Gasteiger charge is 2.23. The number of likely N-dealkylation sites (tertiary alicyclic amines) is 1. The van der Waals surface area contributed by atoms with Crippen LogP contribution in [0.25, 0.3) is 11.0 Å². The Bertz CT molecular complexity index is 1430. The first-order chi connectivity index (χ1) is 17.5. The Labute approximate surface area is 211 Å². The lowest BCUT2D eigenvalue weighted by Crippen LogP contribution is -2.31. The Hall–Kier alpha value is -3.77. The van der Waals surface area contributed by atoms with Gasteiger partial charge in [0.1, 0.15) is 5.69 Å². The molecule has 6 nitrogen and oxygen atoms in total. The van der Waals surface area contributed by atoms with Crippen molar-refractivity contribution in [2.75, 3.05) is 19.6 Å². The van der Waals surface area contributed by atoms with E-state index in [4.69, 9.17) is 0 Å². The molecule has 0 radical (unpaired) electrons. The summed E-state index contributed by atoms with van der Waals surface area (Å²) >= 11 is 0. The molecule has 0 aliphatic carbocycles. The van der Waals surface area contributed by atoms with Gasteiger partial charge in [0.25, 0.3) is 11.5 Å². The van der Waals surface area contributed by atoms with Crippen LogP contribution >= 0.6 is 0 Å². The average Bonchev–Trinajstić information content (AvgIpc) is 3.34. The fourth-order valence-electron chi connectivity index (χ4n) is 4.95. The quantitative estimate of drug-likeness (QED) is 0.428. The number of nitrogens with zero attached hydrogens (tertiary/aromatic N) is 3. The van der Waals surface area contributed by atoms with Gasteiger partial charge in [0.15, 0.2) is 0 Å². The molecule has 1 atom stereocenters. The number of amides is 1. The zero-order chi connectivity index (χ0) is 25.1. The van der Waals surface area contributed by atoms with Crippen molar-refractivity contribution >= 4 is 16.9 Å². The van der Waals surface area contributed by atoms with E-state index >= 15 is 0 Å². The molecule has 1 saturated heterocycles. The summed E-state index contributed by atoms with van der Waals surface area (Å²) in [6, 6.07) is 24.0. The molecule has 1 N–H and O–H groups in total. The van der Waals surface area contributed by atoms with Gasteiger partial charge in [0.2, 0.25) is 0 Å². The maximum Gasteiger partial charge on any atom is 0.272 e. The molecule has 1 aliphatic rings. The predicted molar refractivity (Wildman–Crippen MR) is 143 cm³/mol. The van der Waals surface area contributed by atoms with Gasteiger partial charge in [0, 0.05) is 25.2 Å². The van der Waals surface area contributed by atoms with Gasteiger partial charge in [-0.2, -0.15) is 0 Å². The van der Waals surface area contributed by atoms with Crippen molar-refractivity contribution in [1.29, 1.82) is 0 Å². The van der Waals surface area contributed by atoms with E-state index in [-0.39, 0.29) is 11.5 Å². The highest BCUT2D eigenvalue weighted by molar-refractivity contribution is 5.97. The van der Waals surface area contributed by atoms with Crippen LogP contribution in [0.5, 0.6) is 0 Å². The third-order valence-corrected chi connectivity index (χ3v) is 7.00. The zero-order valence-corrected chi connectivity index (χ0v) is 20.9. The molecule has 1 fully saturated rings. The van der Waals surface area contributed by atoms with Gasteiger partial charge in [-0.3, -0.25) is 14.5 Å². The van der Waals surface area contributed by atoms with Gasteiger partial charge in [0.05, 0.1) is 17.6 Å². The number of carbonyl (C=O) groups is 1. The molecule has 1 unspecified atom stereocenters. The maximum atomic E-state index is 13.0. The lowest BCUT2D eigenvalue weighted by Gasteiger charge is -2.17. The minimum Gasteiger partial charge on any atom is -0.352 e. The molecule has 36 heavy (non-hydrogen) atoms. The van der Waals surface area contributed by atoms with E-state index in [0.29, 0.717) is 35.8 Å².